The highest BCUT2D eigenvalue weighted by atomic mass is 16.5. The van der Waals surface area contributed by atoms with Crippen molar-refractivity contribution in [1.82, 2.24) is 10.2 Å². The van der Waals surface area contributed by atoms with Crippen molar-refractivity contribution in [3.8, 4) is 5.75 Å². The number of hydrogen-bond acceptors (Lipinski definition) is 4. The summed E-state index contributed by atoms with van der Waals surface area (Å²) in [5.74, 6) is 0.725. The largest absolute Gasteiger partial charge is 0.496 e. The maximum atomic E-state index is 13.1. The molecule has 1 aromatic carbocycles. The van der Waals surface area contributed by atoms with E-state index >= 15 is 0 Å². The molecule has 1 fully saturated rings. The topological polar surface area (TPSA) is 84.7 Å². The van der Waals surface area contributed by atoms with E-state index in [9.17, 15) is 9.59 Å². The molecule has 1 saturated heterocycles. The van der Waals surface area contributed by atoms with Crippen molar-refractivity contribution in [3.63, 3.8) is 0 Å². The number of benzene rings is 1. The van der Waals surface area contributed by atoms with Gasteiger partial charge in [0.1, 0.15) is 5.75 Å². The molecular weight excluding hydrogens is 330 g/mol. The van der Waals surface area contributed by atoms with Gasteiger partial charge in [0.05, 0.1) is 13.0 Å². The Hall–Kier alpha value is -2.08. The Morgan fingerprint density at radius 2 is 2.08 bits per heavy atom. The van der Waals surface area contributed by atoms with Gasteiger partial charge in [-0.05, 0) is 30.9 Å². The van der Waals surface area contributed by atoms with Crippen LogP contribution in [0.2, 0.25) is 0 Å². The molecule has 0 saturated carbocycles. The molecule has 1 heterocycles. The second kappa shape index (κ2) is 9.03. The number of rotatable bonds is 7. The zero-order valence-electron chi connectivity index (χ0n) is 16.1. The van der Waals surface area contributed by atoms with Crippen LogP contribution in [0.25, 0.3) is 0 Å². The number of nitrogens with one attached hydrogen (secondary N) is 1. The summed E-state index contributed by atoms with van der Waals surface area (Å²) in [5, 5.41) is 2.84. The van der Waals surface area contributed by atoms with Gasteiger partial charge in [0, 0.05) is 31.6 Å². The molecule has 2 amide bonds. The molecular formula is C20H31N3O3. The summed E-state index contributed by atoms with van der Waals surface area (Å²) in [4.78, 5) is 27.2. The number of para-hydroxylation sites is 1. The summed E-state index contributed by atoms with van der Waals surface area (Å²) >= 11 is 0. The minimum absolute atomic E-state index is 0.00418. The fourth-order valence-corrected chi connectivity index (χ4v) is 3.54. The normalized spacial score (nSPS) is 17.7. The van der Waals surface area contributed by atoms with Gasteiger partial charge in [0.2, 0.25) is 11.8 Å². The number of carbonyl (C=O) groups excluding carboxylic acids is 2. The maximum absolute atomic E-state index is 13.1. The second-order valence-corrected chi connectivity index (χ2v) is 7.54. The average molecular weight is 361 g/mol. The molecule has 0 bridgehead atoms. The highest BCUT2D eigenvalue weighted by Gasteiger charge is 2.36. The van der Waals surface area contributed by atoms with E-state index in [2.05, 4.69) is 5.32 Å². The lowest BCUT2D eigenvalue weighted by Crippen LogP contribution is -2.50. The smallest absolute Gasteiger partial charge is 0.228 e. The van der Waals surface area contributed by atoms with Crippen LogP contribution in [0, 0.1) is 11.3 Å². The Morgan fingerprint density at radius 3 is 2.77 bits per heavy atom. The van der Waals surface area contributed by atoms with Crippen LogP contribution in [0.15, 0.2) is 24.3 Å². The number of amides is 2. The number of hydrogen-bond donors (Lipinski definition) is 2. The number of methoxy groups -OCH3 is 1. The van der Waals surface area contributed by atoms with E-state index in [1.54, 1.807) is 7.11 Å². The molecule has 1 aromatic rings. The highest BCUT2D eigenvalue weighted by molar-refractivity contribution is 5.84. The molecule has 144 valence electrons. The predicted octanol–water partition coefficient (Wildman–Crippen LogP) is 1.58. The zero-order chi connectivity index (χ0) is 19.2. The third kappa shape index (κ3) is 4.97. The van der Waals surface area contributed by atoms with Crippen LogP contribution in [0.3, 0.4) is 0 Å². The Morgan fingerprint density at radius 1 is 1.35 bits per heavy atom. The summed E-state index contributed by atoms with van der Waals surface area (Å²) in [6, 6.07) is 7.78. The van der Waals surface area contributed by atoms with Crippen molar-refractivity contribution in [2.24, 2.45) is 17.1 Å². The van der Waals surface area contributed by atoms with E-state index < -0.39 is 5.41 Å². The summed E-state index contributed by atoms with van der Waals surface area (Å²) < 4.78 is 5.41. The lowest BCUT2D eigenvalue weighted by atomic mass is 9.83. The molecule has 0 spiro atoms. The summed E-state index contributed by atoms with van der Waals surface area (Å²) in [6.45, 7) is 5.99. The lowest BCUT2D eigenvalue weighted by Gasteiger charge is -2.37. The zero-order valence-corrected chi connectivity index (χ0v) is 16.1. The van der Waals surface area contributed by atoms with E-state index in [4.69, 9.17) is 10.5 Å². The van der Waals surface area contributed by atoms with E-state index in [0.29, 0.717) is 32.6 Å². The number of likely N-dealkylation sites (tertiary alicyclic amines) is 1. The van der Waals surface area contributed by atoms with E-state index in [1.165, 1.54) is 0 Å². The Balaban J connectivity index is 2.04. The minimum atomic E-state index is -0.565. The first kappa shape index (κ1) is 20.2. The van der Waals surface area contributed by atoms with Crippen molar-refractivity contribution >= 4 is 11.8 Å². The molecule has 0 radical (unpaired) electrons. The monoisotopic (exact) mass is 361 g/mol. The van der Waals surface area contributed by atoms with Gasteiger partial charge >= 0.3 is 0 Å². The van der Waals surface area contributed by atoms with Crippen LogP contribution >= 0.6 is 0 Å². The first-order valence-corrected chi connectivity index (χ1v) is 9.28. The molecule has 0 aliphatic carbocycles. The molecule has 1 aliphatic heterocycles. The Kier molecular flexibility index (Phi) is 7.03. The van der Waals surface area contributed by atoms with E-state index in [1.807, 2.05) is 43.0 Å². The Bertz CT molecular complexity index is 630. The van der Waals surface area contributed by atoms with Crippen molar-refractivity contribution in [2.75, 3.05) is 33.3 Å². The fraction of sp³-hybridized carbons (Fsp3) is 0.600. The molecule has 3 N–H and O–H groups in total. The second-order valence-electron chi connectivity index (χ2n) is 7.54. The third-order valence-electron chi connectivity index (χ3n) is 4.93. The summed E-state index contributed by atoms with van der Waals surface area (Å²) in [7, 11) is 1.64. The number of piperidine rings is 1. The number of nitrogens with two attached hydrogens (primary N) is 1. The molecule has 1 aliphatic rings. The van der Waals surface area contributed by atoms with Gasteiger partial charge in [0.15, 0.2) is 0 Å². The molecule has 1 atom stereocenters. The van der Waals surface area contributed by atoms with Crippen molar-refractivity contribution in [3.05, 3.63) is 29.8 Å². The van der Waals surface area contributed by atoms with Gasteiger partial charge in [-0.1, -0.05) is 32.0 Å². The van der Waals surface area contributed by atoms with E-state index in [0.717, 1.165) is 24.2 Å². The summed E-state index contributed by atoms with van der Waals surface area (Å²) in [6.07, 6.45) is 2.25. The van der Waals surface area contributed by atoms with Crippen LogP contribution in [0.4, 0.5) is 0 Å². The van der Waals surface area contributed by atoms with Crippen molar-refractivity contribution in [1.29, 1.82) is 0 Å². The molecule has 1 unspecified atom stereocenters. The first-order chi connectivity index (χ1) is 12.4. The van der Waals surface area contributed by atoms with Gasteiger partial charge in [-0.15, -0.1) is 0 Å². The van der Waals surface area contributed by atoms with Gasteiger partial charge in [-0.2, -0.15) is 0 Å². The van der Waals surface area contributed by atoms with Crippen LogP contribution < -0.4 is 15.8 Å². The number of ether oxygens (including phenoxy) is 1. The van der Waals surface area contributed by atoms with Crippen molar-refractivity contribution < 1.29 is 14.3 Å². The van der Waals surface area contributed by atoms with Crippen LogP contribution in [-0.2, 0) is 16.0 Å². The predicted molar refractivity (Wildman–Crippen MR) is 102 cm³/mol. The Labute approximate surface area is 156 Å². The van der Waals surface area contributed by atoms with Crippen LogP contribution in [-0.4, -0.2) is 50.0 Å². The van der Waals surface area contributed by atoms with Gasteiger partial charge < -0.3 is 20.7 Å². The minimum Gasteiger partial charge on any atom is -0.496 e. The highest BCUT2D eigenvalue weighted by Crippen LogP contribution is 2.31. The molecule has 26 heavy (non-hydrogen) atoms. The standard InChI is InChI=1S/C20H31N3O3/c1-20(2,13-15-7-4-5-9-17(15)26-3)19(25)23-12-6-8-16(14-23)18(24)22-11-10-21/h4-5,7,9,16H,6,8,10-14,21H2,1-3H3,(H,22,24). The van der Waals surface area contributed by atoms with Crippen LogP contribution in [0.5, 0.6) is 5.75 Å². The third-order valence-corrected chi connectivity index (χ3v) is 4.93. The molecule has 2 rings (SSSR count). The van der Waals surface area contributed by atoms with Gasteiger partial charge in [0.25, 0.3) is 0 Å². The quantitative estimate of drug-likeness (QED) is 0.772. The first-order valence-electron chi connectivity index (χ1n) is 9.28. The van der Waals surface area contributed by atoms with Crippen molar-refractivity contribution in [2.45, 2.75) is 33.1 Å². The number of nitrogens with zero attached hydrogens (tertiary/aromatic N) is 1. The van der Waals surface area contributed by atoms with Gasteiger partial charge in [-0.25, -0.2) is 0 Å². The number of carbonyl (C=O) groups is 2. The van der Waals surface area contributed by atoms with Crippen LogP contribution in [0.1, 0.15) is 32.3 Å². The molecule has 6 heteroatoms. The summed E-state index contributed by atoms with van der Waals surface area (Å²) in [5.41, 5.74) is 5.90. The fourth-order valence-electron chi connectivity index (χ4n) is 3.54. The maximum Gasteiger partial charge on any atom is 0.228 e. The average Bonchev–Trinajstić information content (AvgIpc) is 2.65. The molecule has 6 nitrogen and oxygen atoms in total. The molecule has 0 aromatic heterocycles. The van der Waals surface area contributed by atoms with Gasteiger partial charge in [-0.3, -0.25) is 9.59 Å². The van der Waals surface area contributed by atoms with E-state index in [-0.39, 0.29) is 17.7 Å². The SMILES string of the molecule is COc1ccccc1CC(C)(C)C(=O)N1CCCC(C(=O)NCCN)C1. The lowest BCUT2D eigenvalue weighted by molar-refractivity contribution is -0.143.